The molecule has 0 amide bonds. The normalized spacial score (nSPS) is 18.0. The van der Waals surface area contributed by atoms with E-state index in [2.05, 4.69) is 266 Å². The molecule has 0 atom stereocenters. The van der Waals surface area contributed by atoms with Gasteiger partial charge in [0, 0.05) is 55.9 Å². The molecular formula is C73H68BN3. The number of nitrogens with zero attached hydrogens (tertiary/aromatic N) is 3. The molecule has 0 saturated carbocycles. The van der Waals surface area contributed by atoms with Crippen LogP contribution in [0.3, 0.4) is 0 Å². The van der Waals surface area contributed by atoms with Crippen LogP contribution in [0.2, 0.25) is 0 Å². The van der Waals surface area contributed by atoms with Crippen molar-refractivity contribution in [2.24, 2.45) is 0 Å². The zero-order valence-electron chi connectivity index (χ0n) is 46.6. The van der Waals surface area contributed by atoms with Crippen molar-refractivity contribution in [2.75, 3.05) is 9.71 Å². The first-order valence-electron chi connectivity index (χ1n) is 28.5. The quantitative estimate of drug-likeness (QED) is 0.159. The first kappa shape index (κ1) is 46.7. The number of aromatic nitrogens is 1. The number of hydrogen-bond acceptors (Lipinski definition) is 2. The number of anilines is 5. The van der Waals surface area contributed by atoms with Crippen molar-refractivity contribution in [1.82, 2.24) is 4.57 Å². The van der Waals surface area contributed by atoms with Crippen molar-refractivity contribution in [3.63, 3.8) is 0 Å². The molecule has 0 fully saturated rings. The van der Waals surface area contributed by atoms with Crippen LogP contribution in [-0.4, -0.2) is 11.4 Å². The Balaban J connectivity index is 1.12. The fraction of sp³-hybridized carbons (Fsp3) is 0.260. The fourth-order valence-corrected chi connectivity index (χ4v) is 15.5. The molecule has 0 radical (unpaired) electrons. The Hall–Kier alpha value is -7.56. The molecule has 10 aromatic rings. The molecule has 378 valence electrons. The molecule has 3 nitrogen and oxygen atoms in total. The summed E-state index contributed by atoms with van der Waals surface area (Å²) in [5.74, 6) is 0. The van der Waals surface area contributed by atoms with Crippen LogP contribution < -0.4 is 20.6 Å². The Bertz CT molecular complexity index is 4110. The molecule has 3 heterocycles. The van der Waals surface area contributed by atoms with Crippen LogP contribution >= 0.6 is 0 Å². The van der Waals surface area contributed by atoms with Crippen molar-refractivity contribution in [3.8, 4) is 39.1 Å². The topological polar surface area (TPSA) is 11.4 Å². The van der Waals surface area contributed by atoms with Crippen LogP contribution in [0.4, 0.5) is 28.4 Å². The van der Waals surface area contributed by atoms with Gasteiger partial charge in [0.2, 0.25) is 0 Å². The number of fused-ring (bicyclic) bond motifs is 13. The lowest BCUT2D eigenvalue weighted by molar-refractivity contribution is 0.332. The predicted molar refractivity (Wildman–Crippen MR) is 328 cm³/mol. The second-order valence-electron chi connectivity index (χ2n) is 26.6. The predicted octanol–water partition coefficient (Wildman–Crippen LogP) is 18.2. The minimum absolute atomic E-state index is 0.0108. The Labute approximate surface area is 456 Å². The Morgan fingerprint density at radius 3 is 1.66 bits per heavy atom. The summed E-state index contributed by atoms with van der Waals surface area (Å²) in [5.41, 5.74) is 29.2. The highest BCUT2D eigenvalue weighted by molar-refractivity contribution is 6.93. The minimum Gasteiger partial charge on any atom is -0.376 e. The standard InChI is InChI=1S/C73H68BN3/c1-69(2)36-37-70(3,4)58-40-48(33-35-57(58)69)77-63-41-47(75(45-22-13-11-14-23-45)46-24-15-12-16-25-46)32-34-50(63)55-42-54(52-29-21-28-51-49-26-17-19-30-56(49)73(9,10)66(51)52)65-53-27-18-20-31-62(53)76-64-44-60-59(71(5,6)38-39-72(60,7)8)43-61(64)74(77)67(55)68(65)76/h11-35,40-44H,36-39H2,1-10H3. The van der Waals surface area contributed by atoms with Crippen LogP contribution in [0.25, 0.3) is 60.9 Å². The van der Waals surface area contributed by atoms with E-state index in [9.17, 15) is 0 Å². The molecule has 0 unspecified atom stereocenters. The number of benzene rings is 9. The van der Waals surface area contributed by atoms with Gasteiger partial charge in [0.1, 0.15) is 0 Å². The molecule has 5 aliphatic rings. The average molecular weight is 998 g/mol. The van der Waals surface area contributed by atoms with Gasteiger partial charge in [-0.05, 0) is 186 Å². The molecule has 4 heteroatoms. The van der Waals surface area contributed by atoms with Gasteiger partial charge >= 0.3 is 6.85 Å². The van der Waals surface area contributed by atoms with Crippen molar-refractivity contribution in [2.45, 2.75) is 122 Å². The molecule has 3 aliphatic carbocycles. The van der Waals surface area contributed by atoms with E-state index in [1.807, 2.05) is 0 Å². The maximum atomic E-state index is 2.81. The molecule has 0 bridgehead atoms. The van der Waals surface area contributed by atoms with E-state index in [1.165, 1.54) is 123 Å². The van der Waals surface area contributed by atoms with Gasteiger partial charge in [0.25, 0.3) is 0 Å². The van der Waals surface area contributed by atoms with Gasteiger partial charge in [-0.1, -0.05) is 184 Å². The molecule has 0 spiro atoms. The van der Waals surface area contributed by atoms with Crippen molar-refractivity contribution in [1.29, 1.82) is 0 Å². The van der Waals surface area contributed by atoms with E-state index < -0.39 is 0 Å². The summed E-state index contributed by atoms with van der Waals surface area (Å²) in [4.78, 5) is 5.25. The lowest BCUT2D eigenvalue weighted by Crippen LogP contribution is -2.61. The first-order chi connectivity index (χ1) is 36.9. The summed E-state index contributed by atoms with van der Waals surface area (Å²) in [7, 11) is 0. The molecule has 9 aromatic carbocycles. The summed E-state index contributed by atoms with van der Waals surface area (Å²) in [6.45, 7) is 24.6. The maximum absolute atomic E-state index is 2.81. The monoisotopic (exact) mass is 998 g/mol. The van der Waals surface area contributed by atoms with Crippen LogP contribution in [0, 0.1) is 0 Å². The SMILES string of the molecule is CC1(C)CCC(C)(C)c2cc(N3B4c5cc6c(cc5-n5c7ccccc7c7c(-c8cccc9c8C(C)(C)c8ccccc8-9)cc(c4c75)-c4ccc(N(c5ccccc5)c5ccccc5)cc43)C(C)(C)CCC6(C)C)ccc21. The van der Waals surface area contributed by atoms with Crippen molar-refractivity contribution < 1.29 is 0 Å². The van der Waals surface area contributed by atoms with Gasteiger partial charge in [0.05, 0.1) is 11.0 Å². The largest absolute Gasteiger partial charge is 0.376 e. The third kappa shape index (κ3) is 6.45. The number of para-hydroxylation sites is 3. The van der Waals surface area contributed by atoms with Gasteiger partial charge in [-0.25, -0.2) is 0 Å². The smallest absolute Gasteiger partial charge is 0.333 e. The molecule has 0 saturated heterocycles. The Kier molecular flexibility index (Phi) is 9.58. The molecule has 1 aromatic heterocycles. The zero-order chi connectivity index (χ0) is 52.7. The van der Waals surface area contributed by atoms with Crippen LogP contribution in [0.15, 0.2) is 182 Å². The van der Waals surface area contributed by atoms with Crippen LogP contribution in [-0.2, 0) is 27.1 Å². The first-order valence-corrected chi connectivity index (χ1v) is 28.5. The zero-order valence-corrected chi connectivity index (χ0v) is 46.6. The van der Waals surface area contributed by atoms with E-state index in [-0.39, 0.29) is 33.9 Å². The Morgan fingerprint density at radius 2 is 0.974 bits per heavy atom. The Morgan fingerprint density at radius 1 is 0.403 bits per heavy atom. The molecule has 77 heavy (non-hydrogen) atoms. The molecule has 0 N–H and O–H groups in total. The maximum Gasteiger partial charge on any atom is 0.333 e. The van der Waals surface area contributed by atoms with E-state index in [1.54, 1.807) is 0 Å². The number of hydrogen-bond donors (Lipinski definition) is 0. The lowest BCUT2D eigenvalue weighted by atomic mass is 9.43. The summed E-state index contributed by atoms with van der Waals surface area (Å²) >= 11 is 0. The lowest BCUT2D eigenvalue weighted by Gasteiger charge is -2.47. The second-order valence-corrected chi connectivity index (χ2v) is 26.6. The van der Waals surface area contributed by atoms with E-state index >= 15 is 0 Å². The van der Waals surface area contributed by atoms with Crippen molar-refractivity contribution in [3.05, 3.63) is 215 Å². The van der Waals surface area contributed by atoms with Gasteiger partial charge < -0.3 is 14.3 Å². The van der Waals surface area contributed by atoms with Gasteiger partial charge in [-0.2, -0.15) is 0 Å². The van der Waals surface area contributed by atoms with Gasteiger partial charge in [-0.3, -0.25) is 0 Å². The summed E-state index contributed by atoms with van der Waals surface area (Å²) in [6, 6.07) is 70.5. The molecular weight excluding hydrogens is 930 g/mol. The van der Waals surface area contributed by atoms with Crippen LogP contribution in [0.5, 0.6) is 0 Å². The van der Waals surface area contributed by atoms with Gasteiger partial charge in [-0.15, -0.1) is 0 Å². The fourth-order valence-electron chi connectivity index (χ4n) is 15.5. The van der Waals surface area contributed by atoms with Crippen LogP contribution in [0.1, 0.15) is 128 Å². The highest BCUT2D eigenvalue weighted by atomic mass is 15.2. The molecule has 15 rings (SSSR count). The highest BCUT2D eigenvalue weighted by Crippen LogP contribution is 2.57. The third-order valence-corrected chi connectivity index (χ3v) is 19.8. The number of rotatable bonds is 5. The van der Waals surface area contributed by atoms with Crippen molar-refractivity contribution >= 4 is 68.0 Å². The second kappa shape index (κ2) is 15.8. The highest BCUT2D eigenvalue weighted by Gasteiger charge is 2.49. The van der Waals surface area contributed by atoms with Gasteiger partial charge in [0.15, 0.2) is 0 Å². The van der Waals surface area contributed by atoms with E-state index in [4.69, 9.17) is 0 Å². The van der Waals surface area contributed by atoms with E-state index in [0.717, 1.165) is 36.3 Å². The third-order valence-electron chi connectivity index (χ3n) is 19.8. The summed E-state index contributed by atoms with van der Waals surface area (Å²) < 4.78 is 2.72. The summed E-state index contributed by atoms with van der Waals surface area (Å²) in [5, 5.41) is 2.65. The molecule has 2 aliphatic heterocycles. The average Bonchev–Trinajstić information content (AvgIpc) is 4.13. The van der Waals surface area contributed by atoms with E-state index in [0.29, 0.717) is 0 Å². The minimum atomic E-state index is -0.205. The summed E-state index contributed by atoms with van der Waals surface area (Å²) in [6.07, 6.45) is 4.64.